The largest absolute Gasteiger partial charge is 0.321 e. The van der Waals surface area contributed by atoms with Crippen LogP contribution in [0.5, 0.6) is 0 Å². The van der Waals surface area contributed by atoms with Crippen molar-refractivity contribution in [3.63, 3.8) is 0 Å². The fourth-order valence-electron chi connectivity index (χ4n) is 0.815. The zero-order chi connectivity index (χ0) is 8.85. The topological polar surface area (TPSA) is 43.1 Å². The third-order valence-electron chi connectivity index (χ3n) is 1.57. The lowest BCUT2D eigenvalue weighted by atomic mass is 10.0. The Kier molecular flexibility index (Phi) is 5.60. The van der Waals surface area contributed by atoms with Gasteiger partial charge in [-0.25, -0.2) is 0 Å². The van der Waals surface area contributed by atoms with E-state index in [-0.39, 0.29) is 17.7 Å². The molecule has 11 heavy (non-hydrogen) atoms. The summed E-state index contributed by atoms with van der Waals surface area (Å²) < 4.78 is 0. The molecule has 66 valence electrons. The van der Waals surface area contributed by atoms with Crippen molar-refractivity contribution in [2.45, 2.75) is 26.3 Å². The Morgan fingerprint density at radius 1 is 1.55 bits per heavy atom. The predicted octanol–water partition coefficient (Wildman–Crippen LogP) is 1.29. The van der Waals surface area contributed by atoms with E-state index in [4.69, 9.17) is 5.73 Å². The van der Waals surface area contributed by atoms with E-state index in [9.17, 15) is 4.79 Å². The Labute approximate surface area is 72.9 Å². The van der Waals surface area contributed by atoms with Crippen LogP contribution < -0.4 is 5.73 Å². The van der Waals surface area contributed by atoms with Gasteiger partial charge in [0.2, 0.25) is 0 Å². The normalized spacial score (nSPS) is 13.5. The van der Waals surface area contributed by atoms with Gasteiger partial charge < -0.3 is 5.73 Å². The van der Waals surface area contributed by atoms with Crippen molar-refractivity contribution in [2.75, 3.05) is 12.0 Å². The van der Waals surface area contributed by atoms with Gasteiger partial charge >= 0.3 is 0 Å². The molecule has 0 fully saturated rings. The van der Waals surface area contributed by atoms with Crippen LogP contribution in [0.15, 0.2) is 0 Å². The summed E-state index contributed by atoms with van der Waals surface area (Å²) in [5, 5.41) is 0. The van der Waals surface area contributed by atoms with Crippen LogP contribution in [0.3, 0.4) is 0 Å². The second kappa shape index (κ2) is 5.61. The molecule has 2 nitrogen and oxygen atoms in total. The van der Waals surface area contributed by atoms with E-state index in [2.05, 4.69) is 0 Å². The van der Waals surface area contributed by atoms with Crippen LogP contribution in [0.1, 0.15) is 20.3 Å². The first-order valence-electron chi connectivity index (χ1n) is 3.87. The highest BCUT2D eigenvalue weighted by Crippen LogP contribution is 2.04. The Morgan fingerprint density at radius 3 is 2.45 bits per heavy atom. The first-order chi connectivity index (χ1) is 5.09. The maximum absolute atomic E-state index is 11.2. The number of hydrogen-bond donors (Lipinski definition) is 1. The van der Waals surface area contributed by atoms with E-state index in [0.29, 0.717) is 0 Å². The molecular formula is C8H17NOS. The van der Waals surface area contributed by atoms with Crippen molar-refractivity contribution >= 4 is 17.5 Å². The fraction of sp³-hybridized carbons (Fsp3) is 0.875. The summed E-state index contributed by atoms with van der Waals surface area (Å²) in [6.07, 6.45) is 2.82. The van der Waals surface area contributed by atoms with Crippen molar-refractivity contribution in [3.05, 3.63) is 0 Å². The van der Waals surface area contributed by atoms with Crippen LogP contribution in [0.25, 0.3) is 0 Å². The van der Waals surface area contributed by atoms with Crippen LogP contribution >= 0.6 is 11.8 Å². The lowest BCUT2D eigenvalue weighted by Crippen LogP contribution is -2.34. The van der Waals surface area contributed by atoms with Gasteiger partial charge in [0.1, 0.15) is 0 Å². The summed E-state index contributed by atoms with van der Waals surface area (Å²) in [5.41, 5.74) is 5.64. The van der Waals surface area contributed by atoms with Gasteiger partial charge in [0.15, 0.2) is 5.78 Å². The summed E-state index contributed by atoms with van der Waals surface area (Å²) in [4.78, 5) is 11.2. The van der Waals surface area contributed by atoms with Crippen LogP contribution in [-0.2, 0) is 4.79 Å². The molecule has 2 N–H and O–H groups in total. The Hall–Kier alpha value is -0.0200. The van der Waals surface area contributed by atoms with Crippen molar-refractivity contribution in [1.29, 1.82) is 0 Å². The quantitative estimate of drug-likeness (QED) is 0.684. The van der Waals surface area contributed by atoms with Crippen LogP contribution in [0.4, 0.5) is 0 Å². The Morgan fingerprint density at radius 2 is 2.09 bits per heavy atom. The molecule has 0 unspecified atom stereocenters. The molecule has 0 aliphatic carbocycles. The minimum Gasteiger partial charge on any atom is -0.321 e. The lowest BCUT2D eigenvalue weighted by molar-refractivity contribution is -0.123. The summed E-state index contributed by atoms with van der Waals surface area (Å²) in [6.45, 7) is 3.78. The minimum atomic E-state index is -0.248. The monoisotopic (exact) mass is 175 g/mol. The number of rotatable bonds is 5. The minimum absolute atomic E-state index is 0.0758. The molecule has 0 spiro atoms. The highest BCUT2D eigenvalue weighted by Gasteiger charge is 2.15. The van der Waals surface area contributed by atoms with Gasteiger partial charge in [-0.05, 0) is 18.4 Å². The molecule has 0 aliphatic rings. The lowest BCUT2D eigenvalue weighted by Gasteiger charge is -2.11. The molecule has 0 bridgehead atoms. The Balaban J connectivity index is 3.64. The van der Waals surface area contributed by atoms with Gasteiger partial charge in [0.05, 0.1) is 6.04 Å². The SMILES string of the molecule is CSCC[C@@H](N)C(=O)C(C)C. The van der Waals surface area contributed by atoms with Gasteiger partial charge in [-0.3, -0.25) is 4.79 Å². The van der Waals surface area contributed by atoms with E-state index in [1.807, 2.05) is 20.1 Å². The maximum atomic E-state index is 11.2. The standard InChI is InChI=1S/C8H17NOS/c1-6(2)8(10)7(9)4-5-11-3/h6-7H,4-5,9H2,1-3H3/t7-/m1/s1. The fourth-order valence-corrected chi connectivity index (χ4v) is 1.30. The molecule has 0 amide bonds. The number of ketones is 1. The van der Waals surface area contributed by atoms with E-state index in [1.165, 1.54) is 0 Å². The summed E-state index contributed by atoms with van der Waals surface area (Å²) >= 11 is 1.73. The highest BCUT2D eigenvalue weighted by atomic mass is 32.2. The number of nitrogens with two attached hydrogens (primary N) is 1. The summed E-state index contributed by atoms with van der Waals surface area (Å²) in [6, 6.07) is -0.248. The van der Waals surface area contributed by atoms with Gasteiger partial charge in [-0.15, -0.1) is 0 Å². The molecular weight excluding hydrogens is 158 g/mol. The molecule has 0 rings (SSSR count). The average Bonchev–Trinajstić information content (AvgIpc) is 1.98. The van der Waals surface area contributed by atoms with Crippen molar-refractivity contribution in [3.8, 4) is 0 Å². The molecule has 0 heterocycles. The third kappa shape index (κ3) is 4.43. The summed E-state index contributed by atoms with van der Waals surface area (Å²) in [5.74, 6) is 1.23. The molecule has 0 radical (unpaired) electrons. The van der Waals surface area contributed by atoms with Gasteiger partial charge in [0.25, 0.3) is 0 Å². The first kappa shape index (κ1) is 11.0. The molecule has 0 saturated carbocycles. The Bertz CT molecular complexity index is 125. The third-order valence-corrected chi connectivity index (χ3v) is 2.21. The number of carbonyl (C=O) groups excluding carboxylic acids is 1. The first-order valence-corrected chi connectivity index (χ1v) is 5.27. The van der Waals surface area contributed by atoms with Gasteiger partial charge in [0, 0.05) is 5.92 Å². The number of hydrogen-bond acceptors (Lipinski definition) is 3. The van der Waals surface area contributed by atoms with Crippen LogP contribution in [0.2, 0.25) is 0 Å². The predicted molar refractivity (Wildman–Crippen MR) is 50.8 cm³/mol. The van der Waals surface area contributed by atoms with E-state index < -0.39 is 0 Å². The van der Waals surface area contributed by atoms with Crippen LogP contribution in [-0.4, -0.2) is 23.8 Å². The second-order valence-electron chi connectivity index (χ2n) is 2.95. The number of carbonyl (C=O) groups is 1. The number of thioether (sulfide) groups is 1. The van der Waals surface area contributed by atoms with E-state index in [0.717, 1.165) is 12.2 Å². The molecule has 0 aromatic rings. The average molecular weight is 175 g/mol. The zero-order valence-corrected chi connectivity index (χ0v) is 8.28. The molecule has 0 aromatic heterocycles. The van der Waals surface area contributed by atoms with E-state index >= 15 is 0 Å². The summed E-state index contributed by atoms with van der Waals surface area (Å²) in [7, 11) is 0. The molecule has 1 atom stereocenters. The van der Waals surface area contributed by atoms with Gasteiger partial charge in [-0.1, -0.05) is 13.8 Å². The highest BCUT2D eigenvalue weighted by molar-refractivity contribution is 7.98. The molecule has 3 heteroatoms. The van der Waals surface area contributed by atoms with Gasteiger partial charge in [-0.2, -0.15) is 11.8 Å². The molecule has 0 saturated heterocycles. The zero-order valence-electron chi connectivity index (χ0n) is 7.46. The number of Topliss-reactive ketones (excluding diaryl/α,β-unsaturated/α-hetero) is 1. The smallest absolute Gasteiger partial charge is 0.152 e. The molecule has 0 aliphatic heterocycles. The molecule has 0 aromatic carbocycles. The van der Waals surface area contributed by atoms with Crippen molar-refractivity contribution < 1.29 is 4.79 Å². The second-order valence-corrected chi connectivity index (χ2v) is 3.93. The van der Waals surface area contributed by atoms with Crippen LogP contribution in [0, 0.1) is 5.92 Å². The maximum Gasteiger partial charge on any atom is 0.152 e. The van der Waals surface area contributed by atoms with Crippen molar-refractivity contribution in [2.24, 2.45) is 11.7 Å². The van der Waals surface area contributed by atoms with E-state index in [1.54, 1.807) is 11.8 Å². The van der Waals surface area contributed by atoms with Crippen molar-refractivity contribution in [1.82, 2.24) is 0 Å².